The van der Waals surface area contributed by atoms with Crippen LogP contribution >= 0.6 is 0 Å². The number of carbonyl (C=O) groups is 3. The molecule has 0 unspecified atom stereocenters. The zero-order valence-corrected chi connectivity index (χ0v) is 24.7. The molecule has 0 spiro atoms. The molecule has 1 saturated heterocycles. The van der Waals surface area contributed by atoms with Crippen LogP contribution in [0.5, 0.6) is 5.75 Å². The van der Waals surface area contributed by atoms with E-state index in [0.717, 1.165) is 43.4 Å². The predicted molar refractivity (Wildman–Crippen MR) is 157 cm³/mol. The van der Waals surface area contributed by atoms with Crippen molar-refractivity contribution in [3.63, 3.8) is 0 Å². The first kappa shape index (κ1) is 30.4. The van der Waals surface area contributed by atoms with E-state index in [9.17, 15) is 23.2 Å². The van der Waals surface area contributed by atoms with Crippen molar-refractivity contribution < 1.29 is 27.9 Å². The molecule has 1 aliphatic carbocycles. The van der Waals surface area contributed by atoms with Crippen LogP contribution in [-0.4, -0.2) is 98.0 Å². The van der Waals surface area contributed by atoms with Gasteiger partial charge in [0.05, 0.1) is 32.1 Å². The van der Waals surface area contributed by atoms with Crippen molar-refractivity contribution in [1.29, 1.82) is 0 Å². The van der Waals surface area contributed by atoms with Gasteiger partial charge >= 0.3 is 5.92 Å². The highest BCUT2D eigenvalue weighted by Crippen LogP contribution is 2.40. The second-order valence-electron chi connectivity index (χ2n) is 11.3. The van der Waals surface area contributed by atoms with Crippen LogP contribution in [0.1, 0.15) is 48.9 Å². The van der Waals surface area contributed by atoms with E-state index >= 15 is 0 Å². The standard InChI is InChI=1S/C29H38F2N8O4/c1-32-24(40)16-38-12-10-19(11-13-38)34-26(41)18-8-9-21(23(14-18)43-3)35-28-33-15-22-25(36-28)39(20-6-4-5-7-20)17-29(30,31)27(42)37(22)2/h8-9,14-15,19-20H,4-7,10-13,16-17H2,1-3H3,(H,32,40)(H,34,41)(H,33,35,36). The zero-order chi connectivity index (χ0) is 30.7. The third-order valence-electron chi connectivity index (χ3n) is 8.41. The Hall–Kier alpha value is -4.07. The molecule has 0 atom stereocenters. The van der Waals surface area contributed by atoms with E-state index in [0.29, 0.717) is 36.6 Å². The Morgan fingerprint density at radius 3 is 2.53 bits per heavy atom. The first-order valence-electron chi connectivity index (χ1n) is 14.6. The average Bonchev–Trinajstić information content (AvgIpc) is 3.53. The monoisotopic (exact) mass is 600 g/mol. The molecule has 2 aliphatic heterocycles. The number of halogens is 2. The fraction of sp³-hybridized carbons (Fsp3) is 0.552. The summed E-state index contributed by atoms with van der Waals surface area (Å²) in [4.78, 5) is 50.6. The van der Waals surface area contributed by atoms with Crippen molar-refractivity contribution in [3.8, 4) is 5.75 Å². The molecule has 1 aromatic carbocycles. The number of amides is 3. The van der Waals surface area contributed by atoms with E-state index in [1.807, 2.05) is 0 Å². The third-order valence-corrected chi connectivity index (χ3v) is 8.41. The maximum absolute atomic E-state index is 14.9. The Morgan fingerprint density at radius 2 is 1.86 bits per heavy atom. The van der Waals surface area contributed by atoms with Crippen LogP contribution < -0.4 is 30.5 Å². The van der Waals surface area contributed by atoms with Crippen molar-refractivity contribution in [1.82, 2.24) is 25.5 Å². The minimum absolute atomic E-state index is 0.00888. The predicted octanol–water partition coefficient (Wildman–Crippen LogP) is 2.53. The van der Waals surface area contributed by atoms with Gasteiger partial charge in [-0.1, -0.05) is 12.8 Å². The Morgan fingerprint density at radius 1 is 1.14 bits per heavy atom. The number of anilines is 4. The van der Waals surface area contributed by atoms with Crippen LogP contribution in [0.4, 0.5) is 31.9 Å². The molecule has 232 valence electrons. The number of hydrogen-bond donors (Lipinski definition) is 3. The highest BCUT2D eigenvalue weighted by atomic mass is 19.3. The summed E-state index contributed by atoms with van der Waals surface area (Å²) in [7, 11) is 4.40. The lowest BCUT2D eigenvalue weighted by Crippen LogP contribution is -2.48. The lowest BCUT2D eigenvalue weighted by atomic mass is 10.0. The summed E-state index contributed by atoms with van der Waals surface area (Å²) in [5.74, 6) is -4.33. The van der Waals surface area contributed by atoms with Crippen molar-refractivity contribution in [3.05, 3.63) is 30.0 Å². The lowest BCUT2D eigenvalue weighted by Gasteiger charge is -2.31. The van der Waals surface area contributed by atoms with Gasteiger partial charge in [0.2, 0.25) is 11.9 Å². The van der Waals surface area contributed by atoms with Crippen LogP contribution in [-0.2, 0) is 9.59 Å². The number of fused-ring (bicyclic) bond motifs is 1. The topological polar surface area (TPSA) is 132 Å². The maximum atomic E-state index is 14.9. The number of benzene rings is 1. The molecule has 2 fully saturated rings. The van der Waals surface area contributed by atoms with Crippen LogP contribution in [0.2, 0.25) is 0 Å². The third kappa shape index (κ3) is 6.63. The summed E-state index contributed by atoms with van der Waals surface area (Å²) in [5, 5.41) is 8.78. The van der Waals surface area contributed by atoms with Gasteiger partial charge < -0.3 is 30.5 Å². The summed E-state index contributed by atoms with van der Waals surface area (Å²) in [6, 6.07) is 4.78. The van der Waals surface area contributed by atoms with Crippen molar-refractivity contribution in [2.45, 2.75) is 56.5 Å². The normalized spacial score (nSPS) is 19.5. The molecule has 12 nitrogen and oxygen atoms in total. The number of hydrogen-bond acceptors (Lipinski definition) is 9. The number of aromatic nitrogens is 2. The van der Waals surface area contributed by atoms with Gasteiger partial charge in [-0.25, -0.2) is 4.98 Å². The molecule has 5 rings (SSSR count). The number of alkyl halides is 2. The molecule has 3 N–H and O–H groups in total. The second-order valence-corrected chi connectivity index (χ2v) is 11.3. The van der Waals surface area contributed by atoms with Crippen molar-refractivity contribution in [2.75, 3.05) is 62.5 Å². The second kappa shape index (κ2) is 12.7. The fourth-order valence-electron chi connectivity index (χ4n) is 5.95. The fourth-order valence-corrected chi connectivity index (χ4v) is 5.95. The van der Waals surface area contributed by atoms with E-state index in [4.69, 9.17) is 4.74 Å². The molecule has 0 bridgehead atoms. The van der Waals surface area contributed by atoms with Crippen molar-refractivity contribution in [2.24, 2.45) is 0 Å². The molecular weight excluding hydrogens is 562 g/mol. The first-order chi connectivity index (χ1) is 20.6. The van der Waals surface area contributed by atoms with Crippen LogP contribution in [0.15, 0.2) is 24.4 Å². The quantitative estimate of drug-likeness (QED) is 0.418. The Balaban J connectivity index is 1.31. The number of likely N-dealkylation sites (tertiary alicyclic amines) is 1. The number of rotatable bonds is 8. The van der Waals surface area contributed by atoms with E-state index in [1.165, 1.54) is 20.4 Å². The summed E-state index contributed by atoms with van der Waals surface area (Å²) in [6.45, 7) is 1.03. The van der Waals surface area contributed by atoms with E-state index in [1.54, 1.807) is 30.1 Å². The van der Waals surface area contributed by atoms with Gasteiger partial charge in [-0.3, -0.25) is 19.3 Å². The van der Waals surface area contributed by atoms with Crippen LogP contribution in [0.25, 0.3) is 0 Å². The summed E-state index contributed by atoms with van der Waals surface area (Å²) in [5.41, 5.74) is 1.11. The molecule has 0 radical (unpaired) electrons. The van der Waals surface area contributed by atoms with E-state index in [-0.39, 0.29) is 41.4 Å². The highest BCUT2D eigenvalue weighted by Gasteiger charge is 2.48. The van der Waals surface area contributed by atoms with Gasteiger partial charge in [-0.15, -0.1) is 0 Å². The molecular formula is C29H38F2N8O4. The SMILES string of the molecule is CNC(=O)CN1CCC(NC(=O)c2ccc(Nc3ncc4c(n3)N(C3CCCC3)CC(F)(F)C(=O)N4C)c(OC)c2)CC1. The summed E-state index contributed by atoms with van der Waals surface area (Å²) < 4.78 is 35.3. The number of nitrogens with one attached hydrogen (secondary N) is 3. The van der Waals surface area contributed by atoms with E-state index in [2.05, 4.69) is 30.8 Å². The number of likely N-dealkylation sites (N-methyl/N-ethyl adjacent to an activating group) is 1. The minimum Gasteiger partial charge on any atom is -0.495 e. The molecule has 3 heterocycles. The van der Waals surface area contributed by atoms with Crippen LogP contribution in [0.3, 0.4) is 0 Å². The number of carbonyl (C=O) groups excluding carboxylic acids is 3. The molecule has 3 amide bonds. The number of piperidine rings is 1. The number of nitrogens with zero attached hydrogens (tertiary/aromatic N) is 5. The van der Waals surface area contributed by atoms with Gasteiger partial charge in [0.25, 0.3) is 11.8 Å². The Bertz CT molecular complexity index is 1360. The molecule has 3 aliphatic rings. The average molecular weight is 601 g/mol. The van der Waals surface area contributed by atoms with Gasteiger partial charge in [-0.2, -0.15) is 13.8 Å². The molecule has 1 aromatic heterocycles. The lowest BCUT2D eigenvalue weighted by molar-refractivity contribution is -0.140. The van der Waals surface area contributed by atoms with Gasteiger partial charge in [0, 0.05) is 44.8 Å². The molecule has 14 heteroatoms. The van der Waals surface area contributed by atoms with E-state index < -0.39 is 18.4 Å². The van der Waals surface area contributed by atoms with Gasteiger partial charge in [-0.05, 0) is 43.9 Å². The minimum atomic E-state index is -3.56. The smallest absolute Gasteiger partial charge is 0.342 e. The Kier molecular flexibility index (Phi) is 8.95. The summed E-state index contributed by atoms with van der Waals surface area (Å²) in [6.07, 6.45) is 6.19. The zero-order valence-electron chi connectivity index (χ0n) is 24.7. The van der Waals surface area contributed by atoms with Gasteiger partial charge in [0.1, 0.15) is 11.4 Å². The number of methoxy groups -OCH3 is 1. The molecule has 2 aromatic rings. The van der Waals surface area contributed by atoms with Crippen LogP contribution in [0, 0.1) is 0 Å². The Labute approximate surface area is 249 Å². The highest BCUT2D eigenvalue weighted by molar-refractivity contribution is 6.02. The molecule has 1 saturated carbocycles. The largest absolute Gasteiger partial charge is 0.495 e. The maximum Gasteiger partial charge on any atom is 0.342 e. The van der Waals surface area contributed by atoms with Gasteiger partial charge in [0.15, 0.2) is 5.82 Å². The number of ether oxygens (including phenoxy) is 1. The first-order valence-corrected chi connectivity index (χ1v) is 14.6. The summed E-state index contributed by atoms with van der Waals surface area (Å²) >= 11 is 0. The van der Waals surface area contributed by atoms with Crippen molar-refractivity contribution >= 4 is 40.9 Å². The molecule has 43 heavy (non-hydrogen) atoms.